The molecule has 1 aliphatic rings. The van der Waals surface area contributed by atoms with Gasteiger partial charge in [-0.3, -0.25) is 0 Å². The molecule has 0 nitrogen and oxygen atoms in total. The van der Waals surface area contributed by atoms with Gasteiger partial charge in [-0.25, -0.2) is 0 Å². The molecule has 0 aromatic rings. The predicted octanol–water partition coefficient (Wildman–Crippen LogP) is 4.05. The lowest BCUT2D eigenvalue weighted by Gasteiger charge is -2.06. The summed E-state index contributed by atoms with van der Waals surface area (Å²) in [7, 11) is 0. The van der Waals surface area contributed by atoms with E-state index in [1.807, 2.05) is 0 Å². The van der Waals surface area contributed by atoms with Crippen LogP contribution < -0.4 is 0 Å². The summed E-state index contributed by atoms with van der Waals surface area (Å²) in [6.07, 6.45) is 16.9. The summed E-state index contributed by atoms with van der Waals surface area (Å²) in [5.74, 6) is 0. The van der Waals surface area contributed by atoms with Crippen LogP contribution in [0, 0.1) is 6.42 Å². The maximum atomic E-state index is 2.31. The molecule has 1 aliphatic carbocycles. The van der Waals surface area contributed by atoms with E-state index in [9.17, 15) is 0 Å². The molecule has 1 rings (SSSR count). The van der Waals surface area contributed by atoms with Crippen LogP contribution in [0.15, 0.2) is 23.8 Å². The molecule has 67 valence electrons. The van der Waals surface area contributed by atoms with Crippen molar-refractivity contribution in [1.29, 1.82) is 0 Å². The van der Waals surface area contributed by atoms with Gasteiger partial charge in [-0.15, -0.1) is 0 Å². The van der Waals surface area contributed by atoms with Crippen molar-refractivity contribution in [2.75, 3.05) is 0 Å². The lowest BCUT2D eigenvalue weighted by Crippen LogP contribution is -1.86. The highest BCUT2D eigenvalue weighted by atomic mass is 14.0. The van der Waals surface area contributed by atoms with Crippen molar-refractivity contribution in [2.45, 2.75) is 45.4 Å². The third-order valence-electron chi connectivity index (χ3n) is 2.22. The van der Waals surface area contributed by atoms with E-state index < -0.39 is 0 Å². The van der Waals surface area contributed by atoms with Crippen LogP contribution in [-0.2, 0) is 0 Å². The highest BCUT2D eigenvalue weighted by molar-refractivity contribution is 5.23. The van der Waals surface area contributed by atoms with Crippen LogP contribution in [0.2, 0.25) is 0 Å². The second-order valence-corrected chi connectivity index (χ2v) is 3.41. The van der Waals surface area contributed by atoms with E-state index in [-0.39, 0.29) is 0 Å². The first-order valence-electron chi connectivity index (χ1n) is 5.12. The normalized spacial score (nSPS) is 20.2. The van der Waals surface area contributed by atoms with Crippen LogP contribution in [0.1, 0.15) is 45.4 Å². The van der Waals surface area contributed by atoms with Crippen molar-refractivity contribution >= 4 is 0 Å². The Morgan fingerprint density at radius 1 is 1.50 bits per heavy atom. The number of rotatable bonds is 4. The average molecular weight is 163 g/mol. The zero-order valence-corrected chi connectivity index (χ0v) is 8.05. The minimum absolute atomic E-state index is 1.24. The maximum absolute atomic E-state index is 2.31. The van der Waals surface area contributed by atoms with E-state index in [0.717, 1.165) is 0 Å². The molecule has 0 aliphatic heterocycles. The topological polar surface area (TPSA) is 0 Å². The minimum Gasteiger partial charge on any atom is -0.0843 e. The van der Waals surface area contributed by atoms with Gasteiger partial charge in [0, 0.05) is 0 Å². The molecule has 0 N–H and O–H groups in total. The summed E-state index contributed by atoms with van der Waals surface area (Å²) in [4.78, 5) is 0. The molecular formula is C12H19. The SMILES string of the molecule is CCCC[CH]C=C1C=CCCC1. The van der Waals surface area contributed by atoms with Crippen LogP contribution in [0.25, 0.3) is 0 Å². The summed E-state index contributed by atoms with van der Waals surface area (Å²) in [5, 5.41) is 0. The molecule has 0 bridgehead atoms. The van der Waals surface area contributed by atoms with Crippen molar-refractivity contribution in [3.8, 4) is 0 Å². The zero-order chi connectivity index (χ0) is 8.65. The van der Waals surface area contributed by atoms with Gasteiger partial charge in [-0.05, 0) is 32.1 Å². The van der Waals surface area contributed by atoms with E-state index >= 15 is 0 Å². The van der Waals surface area contributed by atoms with Gasteiger partial charge in [0.1, 0.15) is 0 Å². The van der Waals surface area contributed by atoms with Crippen molar-refractivity contribution in [3.63, 3.8) is 0 Å². The van der Waals surface area contributed by atoms with E-state index in [2.05, 4.69) is 31.6 Å². The molecule has 0 heteroatoms. The lowest BCUT2D eigenvalue weighted by atomic mass is 10.0. The highest BCUT2D eigenvalue weighted by Crippen LogP contribution is 2.16. The van der Waals surface area contributed by atoms with Crippen molar-refractivity contribution in [3.05, 3.63) is 30.2 Å². The van der Waals surface area contributed by atoms with E-state index in [1.165, 1.54) is 44.1 Å². The molecule has 0 amide bonds. The fourth-order valence-corrected chi connectivity index (χ4v) is 1.44. The number of allylic oxidation sites excluding steroid dienone is 4. The smallest absolute Gasteiger partial charge is 0.0164 e. The van der Waals surface area contributed by atoms with Crippen molar-refractivity contribution in [1.82, 2.24) is 0 Å². The standard InChI is InChI=1S/C12H19/c1-2-3-4-6-9-12-10-7-5-8-11-12/h6-7,9-10H,2-5,8,11H2,1H3. The Morgan fingerprint density at radius 2 is 2.42 bits per heavy atom. The molecule has 0 spiro atoms. The van der Waals surface area contributed by atoms with Gasteiger partial charge in [0.2, 0.25) is 0 Å². The molecule has 0 unspecified atom stereocenters. The molecule has 1 radical (unpaired) electrons. The second kappa shape index (κ2) is 6.05. The Labute approximate surface area is 76.4 Å². The molecule has 0 heterocycles. The van der Waals surface area contributed by atoms with Crippen molar-refractivity contribution in [2.24, 2.45) is 0 Å². The highest BCUT2D eigenvalue weighted by Gasteiger charge is 1.97. The molecule has 0 atom stereocenters. The van der Waals surface area contributed by atoms with Crippen LogP contribution in [0.4, 0.5) is 0 Å². The molecule has 0 aromatic heterocycles. The van der Waals surface area contributed by atoms with Crippen LogP contribution in [0.5, 0.6) is 0 Å². The molecular weight excluding hydrogens is 144 g/mol. The monoisotopic (exact) mass is 163 g/mol. The van der Waals surface area contributed by atoms with Gasteiger partial charge in [0.15, 0.2) is 0 Å². The Bertz CT molecular complexity index is 163. The van der Waals surface area contributed by atoms with E-state index in [1.54, 1.807) is 0 Å². The van der Waals surface area contributed by atoms with Gasteiger partial charge in [-0.2, -0.15) is 0 Å². The third-order valence-corrected chi connectivity index (χ3v) is 2.22. The summed E-state index contributed by atoms with van der Waals surface area (Å²) < 4.78 is 0. The Hall–Kier alpha value is -0.520. The molecule has 0 saturated heterocycles. The summed E-state index contributed by atoms with van der Waals surface area (Å²) in [5.41, 5.74) is 1.51. The first-order chi connectivity index (χ1) is 5.93. The van der Waals surface area contributed by atoms with Crippen LogP contribution in [0.3, 0.4) is 0 Å². The molecule has 0 saturated carbocycles. The summed E-state index contributed by atoms with van der Waals surface area (Å²) >= 11 is 0. The van der Waals surface area contributed by atoms with Gasteiger partial charge in [0.05, 0.1) is 0 Å². The maximum Gasteiger partial charge on any atom is -0.0164 e. The largest absolute Gasteiger partial charge is 0.0843 e. The Morgan fingerprint density at radius 3 is 3.08 bits per heavy atom. The quantitative estimate of drug-likeness (QED) is 0.548. The van der Waals surface area contributed by atoms with E-state index in [0.29, 0.717) is 0 Å². The fourth-order valence-electron chi connectivity index (χ4n) is 1.44. The van der Waals surface area contributed by atoms with Gasteiger partial charge in [0.25, 0.3) is 0 Å². The number of unbranched alkanes of at least 4 members (excludes halogenated alkanes) is 3. The lowest BCUT2D eigenvalue weighted by molar-refractivity contribution is 0.787. The van der Waals surface area contributed by atoms with E-state index in [4.69, 9.17) is 0 Å². The van der Waals surface area contributed by atoms with Gasteiger partial charge >= 0.3 is 0 Å². The summed E-state index contributed by atoms with van der Waals surface area (Å²) in [6.45, 7) is 2.24. The van der Waals surface area contributed by atoms with Crippen LogP contribution in [-0.4, -0.2) is 0 Å². The van der Waals surface area contributed by atoms with Gasteiger partial charge in [-0.1, -0.05) is 43.6 Å². The predicted molar refractivity (Wildman–Crippen MR) is 54.9 cm³/mol. The van der Waals surface area contributed by atoms with Crippen molar-refractivity contribution < 1.29 is 0 Å². The number of hydrogen-bond donors (Lipinski definition) is 0. The molecule has 12 heavy (non-hydrogen) atoms. The van der Waals surface area contributed by atoms with Crippen LogP contribution >= 0.6 is 0 Å². The Balaban J connectivity index is 2.17. The summed E-state index contributed by atoms with van der Waals surface area (Å²) in [6, 6.07) is 0. The third kappa shape index (κ3) is 3.75. The fraction of sp³-hybridized carbons (Fsp3) is 0.583. The minimum atomic E-state index is 1.24. The Kier molecular flexibility index (Phi) is 4.82. The second-order valence-electron chi connectivity index (χ2n) is 3.41. The van der Waals surface area contributed by atoms with Gasteiger partial charge < -0.3 is 0 Å². The average Bonchev–Trinajstić information content (AvgIpc) is 2.14. The molecule has 0 fully saturated rings. The first-order valence-corrected chi connectivity index (χ1v) is 5.12. The first kappa shape index (κ1) is 9.57. The molecule has 0 aromatic carbocycles. The number of hydrogen-bond acceptors (Lipinski definition) is 0. The zero-order valence-electron chi connectivity index (χ0n) is 8.05.